The second kappa shape index (κ2) is 5.49. The molecule has 1 aromatic rings. The predicted molar refractivity (Wildman–Crippen MR) is 70.3 cm³/mol. The minimum Gasteiger partial charge on any atom is -0.392 e. The fraction of sp³-hybridized carbons (Fsp3) is 0.571. The Morgan fingerprint density at radius 1 is 1.41 bits per heavy atom. The molecule has 1 aliphatic carbocycles. The molecule has 0 spiro atoms. The highest BCUT2D eigenvalue weighted by Crippen LogP contribution is 2.34. The third-order valence-electron chi connectivity index (χ3n) is 3.79. The summed E-state index contributed by atoms with van der Waals surface area (Å²) in [6.45, 7) is 2.20. The lowest BCUT2D eigenvalue weighted by Gasteiger charge is -2.22. The van der Waals surface area contributed by atoms with Crippen molar-refractivity contribution in [3.8, 4) is 0 Å². The Bertz CT molecular complexity index is 374. The standard InChI is InChI=1S/C14H18BrFO/c1-9-3-2-4-13(9)14(17)7-10-5-11(15)8-12(16)6-10/h5-6,8-9,13-14,17H,2-4,7H2,1H3. The van der Waals surface area contributed by atoms with Crippen LogP contribution in [0.1, 0.15) is 31.7 Å². The molecule has 1 fully saturated rings. The summed E-state index contributed by atoms with van der Waals surface area (Å²) in [4.78, 5) is 0. The normalized spacial score (nSPS) is 26.1. The molecule has 3 heteroatoms. The van der Waals surface area contributed by atoms with Gasteiger partial charge >= 0.3 is 0 Å². The van der Waals surface area contributed by atoms with Gasteiger partial charge in [0.25, 0.3) is 0 Å². The van der Waals surface area contributed by atoms with Crippen LogP contribution in [-0.2, 0) is 6.42 Å². The highest BCUT2D eigenvalue weighted by atomic mass is 79.9. The lowest BCUT2D eigenvalue weighted by atomic mass is 9.88. The quantitative estimate of drug-likeness (QED) is 0.897. The summed E-state index contributed by atoms with van der Waals surface area (Å²) in [6, 6.07) is 4.83. The number of aliphatic hydroxyl groups is 1. The minimum atomic E-state index is -0.346. The molecule has 0 bridgehead atoms. The first-order valence-corrected chi connectivity index (χ1v) is 6.98. The van der Waals surface area contributed by atoms with Crippen molar-refractivity contribution in [2.75, 3.05) is 0 Å². The van der Waals surface area contributed by atoms with Crippen LogP contribution in [0.3, 0.4) is 0 Å². The molecule has 1 N–H and O–H groups in total. The summed E-state index contributed by atoms with van der Waals surface area (Å²) in [5, 5.41) is 10.2. The molecule has 0 aliphatic heterocycles. The third-order valence-corrected chi connectivity index (χ3v) is 4.25. The van der Waals surface area contributed by atoms with Gasteiger partial charge in [-0.1, -0.05) is 35.7 Å². The zero-order valence-corrected chi connectivity index (χ0v) is 11.6. The van der Waals surface area contributed by atoms with Gasteiger partial charge in [-0.25, -0.2) is 4.39 Å². The van der Waals surface area contributed by atoms with E-state index in [2.05, 4.69) is 22.9 Å². The van der Waals surface area contributed by atoms with E-state index in [1.807, 2.05) is 6.07 Å². The van der Waals surface area contributed by atoms with Gasteiger partial charge in [0.2, 0.25) is 0 Å². The largest absolute Gasteiger partial charge is 0.392 e. The summed E-state index contributed by atoms with van der Waals surface area (Å²) in [5.74, 6) is 0.708. The Morgan fingerprint density at radius 2 is 2.18 bits per heavy atom. The number of benzene rings is 1. The molecule has 94 valence electrons. The Balaban J connectivity index is 2.04. The molecule has 1 nitrogen and oxygen atoms in total. The van der Waals surface area contributed by atoms with Crippen LogP contribution in [0.15, 0.2) is 22.7 Å². The van der Waals surface area contributed by atoms with Crippen molar-refractivity contribution in [2.24, 2.45) is 11.8 Å². The lowest BCUT2D eigenvalue weighted by molar-refractivity contribution is 0.0901. The second-order valence-corrected chi connectivity index (χ2v) is 6.04. The van der Waals surface area contributed by atoms with Gasteiger partial charge in [-0.15, -0.1) is 0 Å². The van der Waals surface area contributed by atoms with Gasteiger partial charge in [-0.05, 0) is 48.4 Å². The molecule has 17 heavy (non-hydrogen) atoms. The summed E-state index contributed by atoms with van der Waals surface area (Å²) in [5.41, 5.74) is 0.864. The summed E-state index contributed by atoms with van der Waals surface area (Å²) >= 11 is 3.28. The van der Waals surface area contributed by atoms with Crippen LogP contribution >= 0.6 is 15.9 Å². The van der Waals surface area contributed by atoms with Gasteiger partial charge < -0.3 is 5.11 Å². The summed E-state index contributed by atoms with van der Waals surface area (Å²) < 4.78 is 14.0. The molecule has 0 aromatic heterocycles. The van der Waals surface area contributed by atoms with Crippen LogP contribution in [0, 0.1) is 17.7 Å². The summed E-state index contributed by atoms with van der Waals surface area (Å²) in [6.07, 6.45) is 3.70. The first-order chi connectivity index (χ1) is 8.06. The Labute approximate surface area is 110 Å². The second-order valence-electron chi connectivity index (χ2n) is 5.12. The van der Waals surface area contributed by atoms with E-state index in [0.717, 1.165) is 16.5 Å². The van der Waals surface area contributed by atoms with E-state index >= 15 is 0 Å². The highest BCUT2D eigenvalue weighted by Gasteiger charge is 2.29. The SMILES string of the molecule is CC1CCCC1C(O)Cc1cc(F)cc(Br)c1. The fourth-order valence-electron chi connectivity index (χ4n) is 2.87. The van der Waals surface area contributed by atoms with Gasteiger partial charge in [-0.2, -0.15) is 0 Å². The molecule has 3 unspecified atom stereocenters. The number of rotatable bonds is 3. The van der Waals surface area contributed by atoms with E-state index in [9.17, 15) is 9.50 Å². The van der Waals surface area contributed by atoms with Crippen LogP contribution in [0.2, 0.25) is 0 Å². The number of hydrogen-bond acceptors (Lipinski definition) is 1. The van der Waals surface area contributed by atoms with Gasteiger partial charge in [0, 0.05) is 4.47 Å². The Hall–Kier alpha value is -0.410. The van der Waals surface area contributed by atoms with Crippen molar-refractivity contribution in [3.63, 3.8) is 0 Å². The van der Waals surface area contributed by atoms with Gasteiger partial charge in [-0.3, -0.25) is 0 Å². The van der Waals surface area contributed by atoms with E-state index in [-0.39, 0.29) is 11.9 Å². The molecule has 1 saturated carbocycles. The first-order valence-electron chi connectivity index (χ1n) is 6.19. The molecule has 0 radical (unpaired) electrons. The molecular formula is C14H18BrFO. The van der Waals surface area contributed by atoms with Crippen LogP contribution in [-0.4, -0.2) is 11.2 Å². The molecule has 2 rings (SSSR count). The predicted octanol–water partition coefficient (Wildman–Crippen LogP) is 3.93. The molecule has 1 aliphatic rings. The van der Waals surface area contributed by atoms with Crippen molar-refractivity contribution < 1.29 is 9.50 Å². The molecule has 1 aromatic carbocycles. The van der Waals surface area contributed by atoms with Crippen molar-refractivity contribution in [3.05, 3.63) is 34.1 Å². The molecule has 0 amide bonds. The van der Waals surface area contributed by atoms with E-state index in [1.54, 1.807) is 0 Å². The van der Waals surface area contributed by atoms with Crippen LogP contribution < -0.4 is 0 Å². The fourth-order valence-corrected chi connectivity index (χ4v) is 3.38. The van der Waals surface area contributed by atoms with Crippen LogP contribution in [0.25, 0.3) is 0 Å². The molecule has 0 saturated heterocycles. The zero-order valence-electron chi connectivity index (χ0n) is 10.00. The maximum atomic E-state index is 13.2. The van der Waals surface area contributed by atoms with E-state index in [1.165, 1.54) is 25.0 Å². The van der Waals surface area contributed by atoms with E-state index in [4.69, 9.17) is 0 Å². The Kier molecular flexibility index (Phi) is 4.21. The van der Waals surface area contributed by atoms with Gasteiger partial charge in [0.15, 0.2) is 0 Å². The topological polar surface area (TPSA) is 20.2 Å². The van der Waals surface area contributed by atoms with Gasteiger partial charge in [0.05, 0.1) is 6.10 Å². The average molecular weight is 301 g/mol. The zero-order chi connectivity index (χ0) is 12.4. The molecular weight excluding hydrogens is 283 g/mol. The maximum absolute atomic E-state index is 13.2. The third kappa shape index (κ3) is 3.29. The Morgan fingerprint density at radius 3 is 2.76 bits per heavy atom. The number of halogens is 2. The van der Waals surface area contributed by atoms with Crippen molar-refractivity contribution in [1.29, 1.82) is 0 Å². The van der Waals surface area contributed by atoms with Crippen molar-refractivity contribution in [2.45, 2.75) is 38.7 Å². The van der Waals surface area contributed by atoms with Crippen LogP contribution in [0.4, 0.5) is 4.39 Å². The summed E-state index contributed by atoms with van der Waals surface area (Å²) in [7, 11) is 0. The highest BCUT2D eigenvalue weighted by molar-refractivity contribution is 9.10. The maximum Gasteiger partial charge on any atom is 0.124 e. The minimum absolute atomic E-state index is 0.249. The van der Waals surface area contributed by atoms with E-state index < -0.39 is 0 Å². The lowest BCUT2D eigenvalue weighted by Crippen LogP contribution is -2.24. The smallest absolute Gasteiger partial charge is 0.124 e. The molecule has 3 atom stereocenters. The van der Waals surface area contributed by atoms with Crippen molar-refractivity contribution >= 4 is 15.9 Å². The van der Waals surface area contributed by atoms with E-state index in [0.29, 0.717) is 18.3 Å². The average Bonchev–Trinajstić information content (AvgIpc) is 2.62. The molecule has 0 heterocycles. The monoisotopic (exact) mass is 300 g/mol. The first kappa shape index (κ1) is 13.0. The van der Waals surface area contributed by atoms with Gasteiger partial charge in [0.1, 0.15) is 5.82 Å². The number of aliphatic hydroxyl groups excluding tert-OH is 1. The van der Waals surface area contributed by atoms with Crippen molar-refractivity contribution in [1.82, 2.24) is 0 Å². The van der Waals surface area contributed by atoms with Crippen LogP contribution in [0.5, 0.6) is 0 Å². The number of hydrogen-bond donors (Lipinski definition) is 1.